The van der Waals surface area contributed by atoms with Gasteiger partial charge in [0.05, 0.1) is 13.1 Å². The van der Waals surface area contributed by atoms with Crippen LogP contribution < -0.4 is 15.5 Å². The minimum Gasteiger partial charge on any atom is -0.344 e. The van der Waals surface area contributed by atoms with Crippen molar-refractivity contribution in [1.82, 2.24) is 4.90 Å². The summed E-state index contributed by atoms with van der Waals surface area (Å²) < 4.78 is 2.71. The number of anilines is 2. The molecule has 1 aliphatic carbocycles. The zero-order valence-corrected chi connectivity index (χ0v) is 30.7. The topological polar surface area (TPSA) is 38.8 Å². The number of piperazine rings is 1. The van der Waals surface area contributed by atoms with Crippen molar-refractivity contribution in [1.29, 1.82) is 0 Å². The highest BCUT2D eigenvalue weighted by Gasteiger charge is 2.41. The summed E-state index contributed by atoms with van der Waals surface area (Å²) in [6.45, 7) is 22.5. The van der Waals surface area contributed by atoms with Gasteiger partial charge < -0.3 is 15.5 Å². The van der Waals surface area contributed by atoms with Crippen LogP contribution in [-0.4, -0.2) is 67.5 Å². The van der Waals surface area contributed by atoms with Crippen molar-refractivity contribution in [3.05, 3.63) is 107 Å². The lowest BCUT2D eigenvalue weighted by Gasteiger charge is -2.29. The van der Waals surface area contributed by atoms with Gasteiger partial charge in [-0.25, -0.2) is 4.58 Å². The largest absolute Gasteiger partial charge is 0.344 e. The van der Waals surface area contributed by atoms with Crippen LogP contribution in [0.5, 0.6) is 0 Å². The Hall–Kier alpha value is -3.41. The number of benzene rings is 2. The van der Waals surface area contributed by atoms with Gasteiger partial charge in [0.15, 0.2) is 13.1 Å². The molecule has 0 radical (unpaired) electrons. The van der Waals surface area contributed by atoms with E-state index in [4.69, 9.17) is 5.73 Å². The molecule has 256 valence electrons. The van der Waals surface area contributed by atoms with Gasteiger partial charge in [-0.3, -0.25) is 4.90 Å². The van der Waals surface area contributed by atoms with E-state index in [1.54, 1.807) is 0 Å². The molecule has 0 aromatic heterocycles. The molecule has 3 heterocycles. The molecule has 0 spiro atoms. The van der Waals surface area contributed by atoms with E-state index in [-0.39, 0.29) is 10.8 Å². The van der Waals surface area contributed by atoms with E-state index in [1.807, 2.05) is 0 Å². The SMILES string of the molecule is CCCN1C(=CC=C2CCC/C(=C\C=C3\N(CCC)c4ccccc4C3(C)C)C2=[N+]2CCN(CCCN)CC2)C(C)(C)c2ccccc21. The van der Waals surface area contributed by atoms with Crippen LogP contribution >= 0.6 is 0 Å². The molecule has 0 amide bonds. The van der Waals surface area contributed by atoms with E-state index in [0.717, 1.165) is 84.5 Å². The van der Waals surface area contributed by atoms with Crippen molar-refractivity contribution in [2.45, 2.75) is 90.9 Å². The predicted molar refractivity (Wildman–Crippen MR) is 206 cm³/mol. The molecule has 3 aliphatic heterocycles. The first-order valence-electron chi connectivity index (χ1n) is 18.8. The Morgan fingerprint density at radius 3 is 1.62 bits per heavy atom. The Bertz CT molecular complexity index is 1520. The van der Waals surface area contributed by atoms with E-state index in [0.29, 0.717) is 0 Å². The minimum absolute atomic E-state index is 0.0266. The molecular formula is C43H60N5+. The number of para-hydroxylation sites is 2. The number of allylic oxidation sites excluding steroid dienone is 8. The lowest BCUT2D eigenvalue weighted by Crippen LogP contribution is -2.45. The van der Waals surface area contributed by atoms with Crippen LogP contribution in [0, 0.1) is 0 Å². The molecule has 2 aromatic carbocycles. The lowest BCUT2D eigenvalue weighted by atomic mass is 9.82. The summed E-state index contributed by atoms with van der Waals surface area (Å²) in [7, 11) is 0. The van der Waals surface area contributed by atoms with Gasteiger partial charge in [-0.05, 0) is 87.0 Å². The standard InChI is InChI=1S/C43H60N5/c1-7-26-47-37-19-11-9-17-35(37)42(3,4)39(47)23-21-33-15-13-16-34(41(33)46-31-29-45(30-32-46)28-14-25-44)22-24-40-43(5,6)36-18-10-12-20-38(36)48(40)27-8-2/h9-12,17-24H,7-8,13-16,25-32,44H2,1-6H3/q+1. The van der Waals surface area contributed by atoms with Gasteiger partial charge >= 0.3 is 0 Å². The second-order valence-corrected chi connectivity index (χ2v) is 15.2. The molecule has 2 aromatic rings. The van der Waals surface area contributed by atoms with Crippen molar-refractivity contribution < 1.29 is 4.58 Å². The molecule has 0 unspecified atom stereocenters. The van der Waals surface area contributed by atoms with Crippen LogP contribution in [0.15, 0.2) is 95.4 Å². The molecular weight excluding hydrogens is 587 g/mol. The Kier molecular flexibility index (Phi) is 10.5. The van der Waals surface area contributed by atoms with Gasteiger partial charge in [0.25, 0.3) is 0 Å². The highest BCUT2D eigenvalue weighted by Crippen LogP contribution is 2.49. The molecule has 2 N–H and O–H groups in total. The van der Waals surface area contributed by atoms with Crippen molar-refractivity contribution >= 4 is 17.1 Å². The molecule has 1 saturated carbocycles. The Morgan fingerprint density at radius 2 is 1.17 bits per heavy atom. The Labute approximate surface area is 291 Å². The molecule has 5 nitrogen and oxygen atoms in total. The number of nitrogens with two attached hydrogens (primary N) is 1. The maximum Gasteiger partial charge on any atom is 0.206 e. The van der Waals surface area contributed by atoms with Crippen LogP contribution in [0.1, 0.15) is 91.2 Å². The molecule has 0 bridgehead atoms. The predicted octanol–water partition coefficient (Wildman–Crippen LogP) is 8.32. The Morgan fingerprint density at radius 1 is 0.688 bits per heavy atom. The van der Waals surface area contributed by atoms with Gasteiger partial charge in [-0.15, -0.1) is 0 Å². The second kappa shape index (κ2) is 14.6. The highest BCUT2D eigenvalue weighted by atomic mass is 15.2. The smallest absolute Gasteiger partial charge is 0.206 e. The average Bonchev–Trinajstić information content (AvgIpc) is 3.44. The molecule has 6 rings (SSSR count). The maximum atomic E-state index is 5.87. The second-order valence-electron chi connectivity index (χ2n) is 15.2. The van der Waals surface area contributed by atoms with Crippen molar-refractivity contribution in [2.75, 3.05) is 62.2 Å². The summed E-state index contributed by atoms with van der Waals surface area (Å²) in [5.74, 6) is 0. The van der Waals surface area contributed by atoms with E-state index in [1.165, 1.54) is 57.2 Å². The maximum absolute atomic E-state index is 5.87. The van der Waals surface area contributed by atoms with Gasteiger partial charge in [0.1, 0.15) is 0 Å². The molecule has 48 heavy (non-hydrogen) atoms. The summed E-state index contributed by atoms with van der Waals surface area (Å²) in [6, 6.07) is 18.0. The van der Waals surface area contributed by atoms with Crippen molar-refractivity contribution in [3.63, 3.8) is 0 Å². The van der Waals surface area contributed by atoms with E-state index < -0.39 is 0 Å². The zero-order valence-electron chi connectivity index (χ0n) is 30.7. The van der Waals surface area contributed by atoms with Crippen LogP contribution in [0.25, 0.3) is 0 Å². The van der Waals surface area contributed by atoms with Crippen LogP contribution in [0.2, 0.25) is 0 Å². The number of fused-ring (bicyclic) bond motifs is 2. The summed E-state index contributed by atoms with van der Waals surface area (Å²) >= 11 is 0. The first-order chi connectivity index (χ1) is 23.2. The molecule has 1 saturated heterocycles. The fourth-order valence-corrected chi connectivity index (χ4v) is 8.72. The normalized spacial score (nSPS) is 24.0. The molecule has 0 atom stereocenters. The van der Waals surface area contributed by atoms with Crippen molar-refractivity contribution in [2.24, 2.45) is 5.73 Å². The zero-order chi connectivity index (χ0) is 33.9. The van der Waals surface area contributed by atoms with Gasteiger partial charge in [-0.2, -0.15) is 0 Å². The van der Waals surface area contributed by atoms with Gasteiger partial charge in [0.2, 0.25) is 5.71 Å². The van der Waals surface area contributed by atoms with Crippen LogP contribution in [0.3, 0.4) is 0 Å². The molecule has 5 heteroatoms. The van der Waals surface area contributed by atoms with E-state index in [2.05, 4.69) is 134 Å². The third-order valence-corrected chi connectivity index (χ3v) is 11.2. The quantitative estimate of drug-likeness (QED) is 0.278. The van der Waals surface area contributed by atoms with E-state index in [9.17, 15) is 0 Å². The number of hydrogen-bond donors (Lipinski definition) is 1. The third-order valence-electron chi connectivity index (χ3n) is 11.2. The number of nitrogens with zero attached hydrogens (tertiary/aromatic N) is 4. The van der Waals surface area contributed by atoms with Crippen LogP contribution in [-0.2, 0) is 10.8 Å². The average molecular weight is 647 g/mol. The summed E-state index contributed by atoms with van der Waals surface area (Å²) in [4.78, 5) is 7.76. The number of hydrogen-bond acceptors (Lipinski definition) is 4. The summed E-state index contributed by atoms with van der Waals surface area (Å²) in [5.41, 5.74) is 18.8. The number of rotatable bonds is 9. The first-order valence-corrected chi connectivity index (χ1v) is 18.8. The fraction of sp³-hybridized carbons (Fsp3) is 0.512. The summed E-state index contributed by atoms with van der Waals surface area (Å²) in [6.07, 6.45) is 16.7. The monoisotopic (exact) mass is 646 g/mol. The Balaban J connectivity index is 1.42. The van der Waals surface area contributed by atoms with E-state index >= 15 is 0 Å². The first kappa shape index (κ1) is 34.5. The highest BCUT2D eigenvalue weighted by molar-refractivity contribution is 6.10. The molecule has 2 fully saturated rings. The minimum atomic E-state index is -0.0266. The summed E-state index contributed by atoms with van der Waals surface area (Å²) in [5, 5.41) is 0. The van der Waals surface area contributed by atoms with Gasteiger partial charge in [-0.1, -0.05) is 90.1 Å². The third kappa shape index (κ3) is 6.48. The van der Waals surface area contributed by atoms with Crippen molar-refractivity contribution in [3.8, 4) is 0 Å². The van der Waals surface area contributed by atoms with Gasteiger partial charge in [0, 0.05) is 57.8 Å². The fourth-order valence-electron chi connectivity index (χ4n) is 8.72. The lowest BCUT2D eigenvalue weighted by molar-refractivity contribution is -0.539. The van der Waals surface area contributed by atoms with Crippen LogP contribution in [0.4, 0.5) is 11.4 Å². The molecule has 4 aliphatic rings.